The van der Waals surface area contributed by atoms with Gasteiger partial charge in [0.2, 0.25) is 5.91 Å². The smallest absolute Gasteiger partial charge is 0.244 e. The van der Waals surface area contributed by atoms with Crippen LogP contribution in [0.25, 0.3) is 6.08 Å². The third kappa shape index (κ3) is 4.53. The maximum absolute atomic E-state index is 12.0. The van der Waals surface area contributed by atoms with Gasteiger partial charge in [0.1, 0.15) is 5.76 Å². The summed E-state index contributed by atoms with van der Waals surface area (Å²) in [7, 11) is 0. The van der Waals surface area contributed by atoms with E-state index in [1.165, 1.54) is 6.08 Å². The Morgan fingerprint density at radius 2 is 2.22 bits per heavy atom. The molecule has 1 amide bonds. The van der Waals surface area contributed by atoms with E-state index in [9.17, 15) is 4.79 Å². The van der Waals surface area contributed by atoms with E-state index < -0.39 is 0 Å². The number of rotatable bonds is 6. The molecule has 122 valence electrons. The summed E-state index contributed by atoms with van der Waals surface area (Å²) in [6, 6.07) is 5.72. The number of nitrogens with one attached hydrogen (secondary N) is 1. The molecular weight excluding hydrogens is 312 g/mol. The van der Waals surface area contributed by atoms with Crippen molar-refractivity contribution in [2.24, 2.45) is 0 Å². The molecule has 0 saturated carbocycles. The lowest BCUT2D eigenvalue weighted by atomic mass is 10.1. The molecule has 0 bridgehead atoms. The third-order valence-electron chi connectivity index (χ3n) is 3.83. The van der Waals surface area contributed by atoms with Crippen LogP contribution in [0.3, 0.4) is 0 Å². The van der Waals surface area contributed by atoms with Crippen LogP contribution in [0.1, 0.15) is 17.4 Å². The van der Waals surface area contributed by atoms with Gasteiger partial charge >= 0.3 is 0 Å². The van der Waals surface area contributed by atoms with E-state index in [4.69, 9.17) is 8.83 Å². The first kappa shape index (κ1) is 16.0. The fourth-order valence-electron chi connectivity index (χ4n) is 2.61. The summed E-state index contributed by atoms with van der Waals surface area (Å²) in [4.78, 5) is 14.4. The van der Waals surface area contributed by atoms with Crippen molar-refractivity contribution in [3.05, 3.63) is 54.4 Å². The summed E-state index contributed by atoms with van der Waals surface area (Å²) in [5.74, 6) is 2.79. The molecule has 0 aliphatic carbocycles. The number of carbonyl (C=O) groups excluding carboxylic acids is 1. The van der Waals surface area contributed by atoms with Gasteiger partial charge in [-0.1, -0.05) is 0 Å². The van der Waals surface area contributed by atoms with Crippen molar-refractivity contribution >= 4 is 23.7 Å². The van der Waals surface area contributed by atoms with Crippen molar-refractivity contribution in [2.45, 2.75) is 6.04 Å². The third-order valence-corrected chi connectivity index (χ3v) is 4.77. The molecule has 1 aliphatic rings. The van der Waals surface area contributed by atoms with Crippen LogP contribution in [0.2, 0.25) is 0 Å². The number of furan rings is 2. The zero-order valence-electron chi connectivity index (χ0n) is 12.8. The first-order valence-corrected chi connectivity index (χ1v) is 8.82. The van der Waals surface area contributed by atoms with Crippen LogP contribution in [0.4, 0.5) is 0 Å². The molecule has 6 heteroatoms. The Hall–Kier alpha value is -1.92. The molecule has 23 heavy (non-hydrogen) atoms. The molecule has 2 aromatic heterocycles. The zero-order chi connectivity index (χ0) is 15.9. The Labute approximate surface area is 139 Å². The predicted molar refractivity (Wildman–Crippen MR) is 91.1 cm³/mol. The van der Waals surface area contributed by atoms with Crippen LogP contribution in [0, 0.1) is 0 Å². The van der Waals surface area contributed by atoms with Gasteiger partial charge in [0.25, 0.3) is 0 Å². The van der Waals surface area contributed by atoms with Crippen LogP contribution >= 0.6 is 11.8 Å². The van der Waals surface area contributed by atoms with Gasteiger partial charge in [0.15, 0.2) is 0 Å². The summed E-state index contributed by atoms with van der Waals surface area (Å²) < 4.78 is 10.4. The highest BCUT2D eigenvalue weighted by atomic mass is 32.2. The van der Waals surface area contributed by atoms with Crippen molar-refractivity contribution in [2.75, 3.05) is 31.1 Å². The SMILES string of the molecule is O=C(/C=C/c1ccco1)NC[C@@H](c1ccoc1)N1CCSCC1. The first-order valence-electron chi connectivity index (χ1n) is 7.66. The highest BCUT2D eigenvalue weighted by molar-refractivity contribution is 7.99. The maximum Gasteiger partial charge on any atom is 0.244 e. The first-order chi connectivity index (χ1) is 11.3. The topological polar surface area (TPSA) is 58.6 Å². The van der Waals surface area contributed by atoms with Crippen LogP contribution in [-0.4, -0.2) is 41.9 Å². The van der Waals surface area contributed by atoms with Gasteiger partial charge in [-0.25, -0.2) is 0 Å². The van der Waals surface area contributed by atoms with Gasteiger partial charge in [-0.05, 0) is 24.3 Å². The van der Waals surface area contributed by atoms with Gasteiger partial charge in [0, 0.05) is 42.8 Å². The molecule has 1 fully saturated rings. The lowest BCUT2D eigenvalue weighted by Crippen LogP contribution is -2.41. The van der Waals surface area contributed by atoms with Crippen molar-refractivity contribution in [3.63, 3.8) is 0 Å². The summed E-state index contributed by atoms with van der Waals surface area (Å²) >= 11 is 1.97. The molecule has 2 aromatic rings. The van der Waals surface area contributed by atoms with E-state index in [0.717, 1.165) is 30.2 Å². The van der Waals surface area contributed by atoms with Gasteiger partial charge in [-0.3, -0.25) is 9.69 Å². The second kappa shape index (κ2) is 8.08. The van der Waals surface area contributed by atoms with Crippen LogP contribution in [0.5, 0.6) is 0 Å². The fraction of sp³-hybridized carbons (Fsp3) is 0.353. The van der Waals surface area contributed by atoms with Gasteiger partial charge in [-0.2, -0.15) is 11.8 Å². The molecular formula is C17H20N2O3S. The average Bonchev–Trinajstić information content (AvgIpc) is 3.28. The predicted octanol–water partition coefficient (Wildman–Crippen LogP) is 2.79. The minimum Gasteiger partial charge on any atom is -0.472 e. The quantitative estimate of drug-likeness (QED) is 0.824. The van der Waals surface area contributed by atoms with Crippen LogP contribution in [0.15, 0.2) is 51.9 Å². The molecule has 0 radical (unpaired) electrons. The van der Waals surface area contributed by atoms with Crippen molar-refractivity contribution in [3.8, 4) is 0 Å². The normalized spacial score (nSPS) is 17.4. The van der Waals surface area contributed by atoms with Gasteiger partial charge < -0.3 is 14.2 Å². The van der Waals surface area contributed by atoms with Crippen molar-refractivity contribution in [1.29, 1.82) is 0 Å². The Bertz CT molecular complexity index is 616. The zero-order valence-corrected chi connectivity index (χ0v) is 13.6. The molecule has 0 aromatic carbocycles. The second-order valence-electron chi connectivity index (χ2n) is 5.31. The number of hydrogen-bond acceptors (Lipinski definition) is 5. The Kier molecular flexibility index (Phi) is 5.60. The number of hydrogen-bond donors (Lipinski definition) is 1. The van der Waals surface area contributed by atoms with Gasteiger partial charge in [0.05, 0.1) is 24.8 Å². The Morgan fingerprint density at radius 3 is 2.91 bits per heavy atom. The van der Waals surface area contributed by atoms with Crippen molar-refractivity contribution < 1.29 is 13.6 Å². The standard InChI is InChI=1S/C17H20N2O3S/c20-17(4-3-15-2-1-8-22-15)18-12-16(14-5-9-21-13-14)19-6-10-23-11-7-19/h1-5,8-9,13,16H,6-7,10-12H2,(H,18,20)/b4-3+/t16-/m0/s1. The number of carbonyl (C=O) groups is 1. The van der Waals surface area contributed by atoms with E-state index in [1.807, 2.05) is 23.9 Å². The van der Waals surface area contributed by atoms with E-state index in [1.54, 1.807) is 30.9 Å². The molecule has 5 nitrogen and oxygen atoms in total. The highest BCUT2D eigenvalue weighted by Crippen LogP contribution is 2.24. The lowest BCUT2D eigenvalue weighted by molar-refractivity contribution is -0.116. The van der Waals surface area contributed by atoms with E-state index >= 15 is 0 Å². The molecule has 0 spiro atoms. The average molecular weight is 332 g/mol. The molecule has 1 saturated heterocycles. The van der Waals surface area contributed by atoms with Crippen LogP contribution in [-0.2, 0) is 4.79 Å². The van der Waals surface area contributed by atoms with E-state index in [2.05, 4.69) is 10.2 Å². The van der Waals surface area contributed by atoms with E-state index in [-0.39, 0.29) is 11.9 Å². The highest BCUT2D eigenvalue weighted by Gasteiger charge is 2.23. The monoisotopic (exact) mass is 332 g/mol. The molecule has 3 heterocycles. The number of thioether (sulfide) groups is 1. The minimum absolute atomic E-state index is 0.124. The minimum atomic E-state index is -0.124. The number of amides is 1. The Morgan fingerprint density at radius 1 is 1.35 bits per heavy atom. The number of nitrogens with zero attached hydrogens (tertiary/aromatic N) is 1. The second-order valence-corrected chi connectivity index (χ2v) is 6.54. The lowest BCUT2D eigenvalue weighted by Gasteiger charge is -2.33. The molecule has 0 unspecified atom stereocenters. The summed E-state index contributed by atoms with van der Waals surface area (Å²) in [5.41, 5.74) is 1.10. The van der Waals surface area contributed by atoms with Gasteiger partial charge in [-0.15, -0.1) is 0 Å². The maximum atomic E-state index is 12.0. The van der Waals surface area contributed by atoms with Crippen LogP contribution < -0.4 is 5.32 Å². The Balaban J connectivity index is 1.58. The molecule has 3 rings (SSSR count). The summed E-state index contributed by atoms with van der Waals surface area (Å²) in [6.07, 6.45) is 8.19. The van der Waals surface area contributed by atoms with E-state index in [0.29, 0.717) is 12.3 Å². The summed E-state index contributed by atoms with van der Waals surface area (Å²) in [5, 5.41) is 2.97. The molecule has 1 aliphatic heterocycles. The fourth-order valence-corrected chi connectivity index (χ4v) is 3.54. The molecule has 1 N–H and O–H groups in total. The summed E-state index contributed by atoms with van der Waals surface area (Å²) in [6.45, 7) is 2.61. The molecule has 1 atom stereocenters. The van der Waals surface area contributed by atoms with Crippen molar-refractivity contribution in [1.82, 2.24) is 10.2 Å². The largest absolute Gasteiger partial charge is 0.472 e.